The Bertz CT molecular complexity index is 938. The normalized spacial score (nSPS) is 15.8. The van der Waals surface area contributed by atoms with E-state index in [4.69, 9.17) is 12.2 Å². The SMILES string of the molecule is CCC(C)n1c(O)c(C=C2C=Nc3ccccc32)c(=O)[nH]c1=S. The summed E-state index contributed by atoms with van der Waals surface area (Å²) in [6.07, 6.45) is 4.13. The van der Waals surface area contributed by atoms with Crippen LogP contribution in [-0.4, -0.2) is 20.9 Å². The highest BCUT2D eigenvalue weighted by atomic mass is 32.1. The van der Waals surface area contributed by atoms with E-state index < -0.39 is 5.56 Å². The Morgan fingerprint density at radius 2 is 2.17 bits per heavy atom. The maximum atomic E-state index is 12.2. The molecular weight excluding hydrogens is 310 g/mol. The van der Waals surface area contributed by atoms with Gasteiger partial charge in [0, 0.05) is 23.4 Å². The number of fused-ring (bicyclic) bond motifs is 1. The number of aliphatic imine (C=N–C) groups is 1. The van der Waals surface area contributed by atoms with Gasteiger partial charge in [0.2, 0.25) is 5.88 Å². The van der Waals surface area contributed by atoms with Crippen molar-refractivity contribution >= 4 is 35.8 Å². The number of para-hydroxylation sites is 1. The van der Waals surface area contributed by atoms with Gasteiger partial charge in [-0.15, -0.1) is 0 Å². The molecule has 2 N–H and O–H groups in total. The molecule has 5 nitrogen and oxygen atoms in total. The Labute approximate surface area is 138 Å². The first-order chi connectivity index (χ1) is 11.0. The molecule has 0 radical (unpaired) electrons. The van der Waals surface area contributed by atoms with Crippen LogP contribution < -0.4 is 5.56 Å². The topological polar surface area (TPSA) is 70.4 Å². The minimum Gasteiger partial charge on any atom is -0.494 e. The van der Waals surface area contributed by atoms with Gasteiger partial charge in [-0.3, -0.25) is 19.3 Å². The largest absolute Gasteiger partial charge is 0.494 e. The molecule has 1 unspecified atom stereocenters. The molecule has 2 aromatic rings. The Hall–Kier alpha value is -2.47. The van der Waals surface area contributed by atoms with Crippen LogP contribution >= 0.6 is 12.2 Å². The molecule has 1 aromatic heterocycles. The third kappa shape index (κ3) is 2.66. The predicted molar refractivity (Wildman–Crippen MR) is 95.0 cm³/mol. The predicted octanol–water partition coefficient (Wildman–Crippen LogP) is 3.84. The number of benzene rings is 1. The van der Waals surface area contributed by atoms with Crippen LogP contribution in [-0.2, 0) is 0 Å². The minimum atomic E-state index is -0.405. The second kappa shape index (κ2) is 5.96. The van der Waals surface area contributed by atoms with Crippen LogP contribution in [0.1, 0.15) is 37.4 Å². The van der Waals surface area contributed by atoms with E-state index in [-0.39, 0.29) is 22.3 Å². The third-order valence-electron chi connectivity index (χ3n) is 4.04. The van der Waals surface area contributed by atoms with Crippen molar-refractivity contribution < 1.29 is 5.11 Å². The highest BCUT2D eigenvalue weighted by Gasteiger charge is 2.17. The molecular formula is C17H17N3O2S. The first-order valence-electron chi connectivity index (χ1n) is 7.46. The number of rotatable bonds is 3. The van der Waals surface area contributed by atoms with Gasteiger partial charge in [-0.25, -0.2) is 0 Å². The third-order valence-corrected chi connectivity index (χ3v) is 4.34. The van der Waals surface area contributed by atoms with Gasteiger partial charge >= 0.3 is 0 Å². The number of nitrogens with one attached hydrogen (secondary N) is 1. The first-order valence-corrected chi connectivity index (χ1v) is 7.86. The number of hydrogen-bond donors (Lipinski definition) is 2. The molecule has 1 atom stereocenters. The van der Waals surface area contributed by atoms with Crippen LogP contribution in [0.25, 0.3) is 11.6 Å². The molecule has 1 aliphatic rings. The van der Waals surface area contributed by atoms with Crippen LogP contribution in [0.3, 0.4) is 0 Å². The molecule has 0 saturated carbocycles. The van der Waals surface area contributed by atoms with Gasteiger partial charge in [-0.2, -0.15) is 0 Å². The van der Waals surface area contributed by atoms with Gasteiger partial charge in [0.05, 0.1) is 5.69 Å². The molecule has 1 aliphatic heterocycles. The van der Waals surface area contributed by atoms with Crippen LogP contribution in [0.5, 0.6) is 5.88 Å². The van der Waals surface area contributed by atoms with E-state index in [9.17, 15) is 9.90 Å². The van der Waals surface area contributed by atoms with Gasteiger partial charge in [-0.05, 0) is 37.7 Å². The van der Waals surface area contributed by atoms with Gasteiger partial charge in [0.25, 0.3) is 5.56 Å². The Morgan fingerprint density at radius 3 is 2.91 bits per heavy atom. The van der Waals surface area contributed by atoms with Gasteiger partial charge in [0.1, 0.15) is 5.56 Å². The van der Waals surface area contributed by atoms with Crippen molar-refractivity contribution in [1.29, 1.82) is 0 Å². The van der Waals surface area contributed by atoms with Crippen molar-refractivity contribution in [2.24, 2.45) is 4.99 Å². The number of aromatic amines is 1. The van der Waals surface area contributed by atoms with E-state index in [0.717, 1.165) is 23.2 Å². The van der Waals surface area contributed by atoms with Crippen LogP contribution in [0.15, 0.2) is 34.1 Å². The maximum Gasteiger partial charge on any atom is 0.262 e. The molecule has 0 aliphatic carbocycles. The lowest BCUT2D eigenvalue weighted by Gasteiger charge is -2.17. The molecule has 23 heavy (non-hydrogen) atoms. The Morgan fingerprint density at radius 1 is 1.43 bits per heavy atom. The lowest BCUT2D eigenvalue weighted by molar-refractivity contribution is 0.371. The van der Waals surface area contributed by atoms with Crippen LogP contribution in [0.4, 0.5) is 5.69 Å². The number of hydrogen-bond acceptors (Lipinski definition) is 4. The summed E-state index contributed by atoms with van der Waals surface area (Å²) in [6, 6.07) is 7.65. The van der Waals surface area contributed by atoms with Crippen molar-refractivity contribution in [3.05, 3.63) is 50.5 Å². The summed E-state index contributed by atoms with van der Waals surface area (Å²) in [5.41, 5.74) is 2.36. The van der Waals surface area contributed by atoms with Gasteiger partial charge in [0.15, 0.2) is 4.77 Å². The van der Waals surface area contributed by atoms with Gasteiger partial charge in [-0.1, -0.05) is 25.1 Å². The van der Waals surface area contributed by atoms with Gasteiger partial charge < -0.3 is 5.11 Å². The van der Waals surface area contributed by atoms with Crippen LogP contribution in [0.2, 0.25) is 0 Å². The zero-order chi connectivity index (χ0) is 16.6. The minimum absolute atomic E-state index is 0.0129. The zero-order valence-electron chi connectivity index (χ0n) is 12.9. The van der Waals surface area contributed by atoms with E-state index >= 15 is 0 Å². The molecule has 118 valence electrons. The smallest absolute Gasteiger partial charge is 0.262 e. The number of aromatic nitrogens is 2. The molecule has 6 heteroatoms. The highest BCUT2D eigenvalue weighted by Crippen LogP contribution is 2.33. The van der Waals surface area contributed by atoms with E-state index in [2.05, 4.69) is 9.98 Å². The maximum absolute atomic E-state index is 12.2. The fourth-order valence-electron chi connectivity index (χ4n) is 2.58. The molecule has 0 bridgehead atoms. The van der Waals surface area contributed by atoms with E-state index in [1.165, 1.54) is 0 Å². The quantitative estimate of drug-likeness (QED) is 0.842. The van der Waals surface area contributed by atoms with E-state index in [1.54, 1.807) is 16.9 Å². The van der Waals surface area contributed by atoms with E-state index in [0.29, 0.717) is 0 Å². The molecule has 1 aromatic carbocycles. The lowest BCUT2D eigenvalue weighted by atomic mass is 10.1. The molecule has 2 heterocycles. The number of nitrogens with zero attached hydrogens (tertiary/aromatic N) is 2. The van der Waals surface area contributed by atoms with Crippen molar-refractivity contribution in [2.45, 2.75) is 26.3 Å². The molecule has 3 rings (SSSR count). The summed E-state index contributed by atoms with van der Waals surface area (Å²) in [7, 11) is 0. The fraction of sp³-hybridized carbons (Fsp3) is 0.235. The summed E-state index contributed by atoms with van der Waals surface area (Å²) in [5, 5.41) is 10.5. The van der Waals surface area contributed by atoms with Crippen LogP contribution in [0, 0.1) is 4.77 Å². The summed E-state index contributed by atoms with van der Waals surface area (Å²) < 4.78 is 1.80. The first kappa shape index (κ1) is 15.4. The van der Waals surface area contributed by atoms with Crippen molar-refractivity contribution in [3.63, 3.8) is 0 Å². The lowest BCUT2D eigenvalue weighted by Crippen LogP contribution is -2.18. The Balaban J connectivity index is 2.19. The standard InChI is InChI=1S/C17H17N3O2S/c1-3-10(2)20-16(22)13(15(21)19-17(20)23)8-11-9-18-14-7-5-4-6-12(11)14/h4-10,22H,3H2,1-2H3,(H,19,21,23). The Kier molecular flexibility index (Phi) is 4.00. The molecule has 0 fully saturated rings. The second-order valence-corrected chi connectivity index (χ2v) is 5.89. The summed E-state index contributed by atoms with van der Waals surface area (Å²) in [5.74, 6) is -0.113. The number of aromatic hydroxyl groups is 1. The summed E-state index contributed by atoms with van der Waals surface area (Å²) in [6.45, 7) is 3.94. The zero-order valence-corrected chi connectivity index (χ0v) is 13.7. The fourth-order valence-corrected chi connectivity index (χ4v) is 2.94. The summed E-state index contributed by atoms with van der Waals surface area (Å²) in [4.78, 5) is 19.2. The molecule has 0 saturated heterocycles. The molecule has 0 amide bonds. The van der Waals surface area contributed by atoms with Crippen molar-refractivity contribution in [2.75, 3.05) is 0 Å². The van der Waals surface area contributed by atoms with Crippen molar-refractivity contribution in [1.82, 2.24) is 9.55 Å². The van der Waals surface area contributed by atoms with E-state index in [1.807, 2.05) is 38.1 Å². The number of H-pyrrole nitrogens is 1. The average molecular weight is 327 g/mol. The highest BCUT2D eigenvalue weighted by molar-refractivity contribution is 7.71. The summed E-state index contributed by atoms with van der Waals surface area (Å²) >= 11 is 5.18. The average Bonchev–Trinajstić information content (AvgIpc) is 2.94. The second-order valence-electron chi connectivity index (χ2n) is 5.50. The molecule has 0 spiro atoms. The monoisotopic (exact) mass is 327 g/mol. The van der Waals surface area contributed by atoms with Crippen molar-refractivity contribution in [3.8, 4) is 5.88 Å². The number of allylic oxidation sites excluding steroid dienone is 1.